The second-order valence-corrected chi connectivity index (χ2v) is 5.03. The molecule has 0 spiro atoms. The molecule has 0 saturated heterocycles. The summed E-state index contributed by atoms with van der Waals surface area (Å²) in [7, 11) is 3.41. The van der Waals surface area contributed by atoms with Crippen molar-refractivity contribution in [1.82, 2.24) is 15.6 Å². The predicted molar refractivity (Wildman–Crippen MR) is 95.4 cm³/mol. The Balaban J connectivity index is 1.91. The third-order valence-corrected chi connectivity index (χ3v) is 3.40. The van der Waals surface area contributed by atoms with Gasteiger partial charge in [-0.1, -0.05) is 18.2 Å². The van der Waals surface area contributed by atoms with Gasteiger partial charge in [-0.05, 0) is 30.7 Å². The number of guanidine groups is 1. The number of pyridine rings is 1. The van der Waals surface area contributed by atoms with Crippen molar-refractivity contribution < 1.29 is 9.47 Å². The molecule has 0 radical (unpaired) electrons. The zero-order valence-corrected chi connectivity index (χ0v) is 14.4. The van der Waals surface area contributed by atoms with Gasteiger partial charge in [0.2, 0.25) is 5.88 Å². The minimum Gasteiger partial charge on any atom is -0.497 e. The van der Waals surface area contributed by atoms with Gasteiger partial charge in [-0.3, -0.25) is 4.99 Å². The van der Waals surface area contributed by atoms with Crippen LogP contribution in [0.2, 0.25) is 0 Å². The summed E-state index contributed by atoms with van der Waals surface area (Å²) >= 11 is 0. The molecular formula is C18H24N4O2. The number of hydrogen-bond donors (Lipinski definition) is 2. The molecule has 0 atom stereocenters. The molecule has 24 heavy (non-hydrogen) atoms. The summed E-state index contributed by atoms with van der Waals surface area (Å²) in [6, 6.07) is 11.8. The lowest BCUT2D eigenvalue weighted by atomic mass is 10.2. The first kappa shape index (κ1) is 17.6. The van der Waals surface area contributed by atoms with E-state index in [4.69, 9.17) is 9.47 Å². The van der Waals surface area contributed by atoms with Crippen LogP contribution in [0.3, 0.4) is 0 Å². The Labute approximate surface area is 142 Å². The third-order valence-electron chi connectivity index (χ3n) is 3.40. The Morgan fingerprint density at radius 1 is 1.17 bits per heavy atom. The maximum absolute atomic E-state index is 5.53. The van der Waals surface area contributed by atoms with Crippen molar-refractivity contribution in [3.63, 3.8) is 0 Å². The maximum atomic E-state index is 5.53. The van der Waals surface area contributed by atoms with Crippen LogP contribution in [0.15, 0.2) is 47.6 Å². The topological polar surface area (TPSA) is 67.8 Å². The van der Waals surface area contributed by atoms with Gasteiger partial charge in [0.1, 0.15) is 5.75 Å². The Morgan fingerprint density at radius 2 is 2.00 bits per heavy atom. The molecule has 0 bridgehead atoms. The van der Waals surface area contributed by atoms with Gasteiger partial charge in [-0.25, -0.2) is 4.98 Å². The summed E-state index contributed by atoms with van der Waals surface area (Å²) in [5.74, 6) is 2.20. The highest BCUT2D eigenvalue weighted by molar-refractivity contribution is 5.79. The van der Waals surface area contributed by atoms with Crippen molar-refractivity contribution in [1.29, 1.82) is 0 Å². The number of aliphatic imine (C=N–C) groups is 1. The average Bonchev–Trinajstić information content (AvgIpc) is 2.63. The van der Waals surface area contributed by atoms with Gasteiger partial charge < -0.3 is 20.1 Å². The minimum atomic E-state index is 0.584. The molecule has 128 valence electrons. The Morgan fingerprint density at radius 3 is 2.75 bits per heavy atom. The highest BCUT2D eigenvalue weighted by Gasteiger charge is 2.05. The number of benzene rings is 1. The van der Waals surface area contributed by atoms with E-state index in [0.29, 0.717) is 31.5 Å². The van der Waals surface area contributed by atoms with Crippen molar-refractivity contribution >= 4 is 5.96 Å². The summed E-state index contributed by atoms with van der Waals surface area (Å²) in [6.45, 7) is 3.77. The van der Waals surface area contributed by atoms with Crippen LogP contribution in [0.4, 0.5) is 0 Å². The molecule has 0 aliphatic carbocycles. The van der Waals surface area contributed by atoms with Crippen LogP contribution in [-0.4, -0.2) is 31.7 Å². The van der Waals surface area contributed by atoms with E-state index in [2.05, 4.69) is 20.6 Å². The van der Waals surface area contributed by atoms with Crippen molar-refractivity contribution in [2.75, 3.05) is 20.8 Å². The smallest absolute Gasteiger partial charge is 0.218 e. The molecule has 0 aliphatic rings. The van der Waals surface area contributed by atoms with Crippen LogP contribution in [0.5, 0.6) is 11.6 Å². The molecule has 0 unspecified atom stereocenters. The number of ether oxygens (including phenoxy) is 2. The van der Waals surface area contributed by atoms with Crippen LogP contribution >= 0.6 is 0 Å². The summed E-state index contributed by atoms with van der Waals surface area (Å²) in [5, 5.41) is 6.55. The fourth-order valence-corrected chi connectivity index (χ4v) is 2.19. The predicted octanol–water partition coefficient (Wildman–Crippen LogP) is 2.35. The number of aromatic nitrogens is 1. The standard InChI is InChI=1S/C18H24N4O2/c1-4-24-17-15(8-6-10-20-17)13-22-18(19-2)21-12-14-7-5-9-16(11-14)23-3/h5-11H,4,12-13H2,1-3H3,(H2,19,21,22). The summed E-state index contributed by atoms with van der Waals surface area (Å²) < 4.78 is 10.8. The van der Waals surface area contributed by atoms with E-state index in [1.54, 1.807) is 20.4 Å². The highest BCUT2D eigenvalue weighted by atomic mass is 16.5. The van der Waals surface area contributed by atoms with Crippen LogP contribution in [0.25, 0.3) is 0 Å². The Bertz CT molecular complexity index is 674. The Hall–Kier alpha value is -2.76. The van der Waals surface area contributed by atoms with E-state index in [9.17, 15) is 0 Å². The first-order valence-electron chi connectivity index (χ1n) is 7.91. The number of methoxy groups -OCH3 is 1. The lowest BCUT2D eigenvalue weighted by Gasteiger charge is -2.14. The van der Waals surface area contributed by atoms with E-state index in [1.807, 2.05) is 43.3 Å². The molecule has 2 rings (SSSR count). The van der Waals surface area contributed by atoms with Crippen molar-refractivity contribution in [3.05, 3.63) is 53.7 Å². The normalized spacial score (nSPS) is 11.0. The first-order chi connectivity index (χ1) is 11.8. The molecule has 1 aromatic heterocycles. The molecule has 1 aromatic carbocycles. The average molecular weight is 328 g/mol. The first-order valence-corrected chi connectivity index (χ1v) is 7.91. The monoisotopic (exact) mass is 328 g/mol. The summed E-state index contributed by atoms with van der Waals surface area (Å²) in [6.07, 6.45) is 1.73. The van der Waals surface area contributed by atoms with Crippen molar-refractivity contribution in [3.8, 4) is 11.6 Å². The van der Waals surface area contributed by atoms with E-state index in [1.165, 1.54) is 0 Å². The van der Waals surface area contributed by atoms with Gasteiger partial charge in [0.15, 0.2) is 5.96 Å². The van der Waals surface area contributed by atoms with Crippen LogP contribution in [-0.2, 0) is 13.1 Å². The molecule has 0 aliphatic heterocycles. The van der Waals surface area contributed by atoms with E-state index in [-0.39, 0.29) is 0 Å². The number of hydrogen-bond acceptors (Lipinski definition) is 4. The van der Waals surface area contributed by atoms with E-state index in [0.717, 1.165) is 16.9 Å². The second-order valence-electron chi connectivity index (χ2n) is 5.03. The van der Waals surface area contributed by atoms with Gasteiger partial charge in [-0.2, -0.15) is 0 Å². The molecule has 2 aromatic rings. The SMILES string of the molecule is CCOc1ncccc1CNC(=NC)NCc1cccc(OC)c1. The lowest BCUT2D eigenvalue weighted by Crippen LogP contribution is -2.36. The minimum absolute atomic E-state index is 0.584. The van der Waals surface area contributed by atoms with Gasteiger partial charge in [0.05, 0.1) is 13.7 Å². The largest absolute Gasteiger partial charge is 0.497 e. The fourth-order valence-electron chi connectivity index (χ4n) is 2.19. The zero-order valence-electron chi connectivity index (χ0n) is 14.4. The second kappa shape index (κ2) is 9.39. The lowest BCUT2D eigenvalue weighted by molar-refractivity contribution is 0.322. The molecule has 6 nitrogen and oxygen atoms in total. The van der Waals surface area contributed by atoms with Gasteiger partial charge >= 0.3 is 0 Å². The maximum Gasteiger partial charge on any atom is 0.218 e. The number of nitrogens with zero attached hydrogens (tertiary/aromatic N) is 2. The Kier molecular flexibility index (Phi) is 6.89. The molecule has 0 saturated carbocycles. The van der Waals surface area contributed by atoms with Gasteiger partial charge in [0.25, 0.3) is 0 Å². The quantitative estimate of drug-likeness (QED) is 0.603. The van der Waals surface area contributed by atoms with Crippen LogP contribution < -0.4 is 20.1 Å². The zero-order chi connectivity index (χ0) is 17.2. The van der Waals surface area contributed by atoms with E-state index < -0.39 is 0 Å². The van der Waals surface area contributed by atoms with Crippen LogP contribution in [0.1, 0.15) is 18.1 Å². The fraction of sp³-hybridized carbons (Fsp3) is 0.333. The molecule has 0 fully saturated rings. The summed E-state index contributed by atoms with van der Waals surface area (Å²) in [5.41, 5.74) is 2.11. The van der Waals surface area contributed by atoms with Crippen molar-refractivity contribution in [2.24, 2.45) is 4.99 Å². The molecule has 0 amide bonds. The molecule has 1 heterocycles. The van der Waals surface area contributed by atoms with Gasteiger partial charge in [0, 0.05) is 31.9 Å². The molecule has 2 N–H and O–H groups in total. The third kappa shape index (κ3) is 5.15. The molecular weight excluding hydrogens is 304 g/mol. The molecule has 6 heteroatoms. The van der Waals surface area contributed by atoms with Crippen LogP contribution in [0, 0.1) is 0 Å². The van der Waals surface area contributed by atoms with Crippen molar-refractivity contribution in [2.45, 2.75) is 20.0 Å². The highest BCUT2D eigenvalue weighted by Crippen LogP contribution is 2.14. The van der Waals surface area contributed by atoms with Gasteiger partial charge in [-0.15, -0.1) is 0 Å². The number of rotatable bonds is 7. The van der Waals surface area contributed by atoms with E-state index >= 15 is 0 Å². The number of nitrogens with one attached hydrogen (secondary N) is 2. The summed E-state index contributed by atoms with van der Waals surface area (Å²) in [4.78, 5) is 8.49.